The molecule has 2 aromatic carbocycles. The van der Waals surface area contributed by atoms with Gasteiger partial charge in [-0.15, -0.1) is 0 Å². The van der Waals surface area contributed by atoms with Crippen molar-refractivity contribution in [1.82, 2.24) is 0 Å². The monoisotopic (exact) mass is 306 g/mol. The zero-order valence-corrected chi connectivity index (χ0v) is 13.9. The van der Waals surface area contributed by atoms with E-state index in [9.17, 15) is 4.39 Å². The highest BCUT2D eigenvalue weighted by molar-refractivity contribution is 5.52. The average molecular weight is 306 g/mol. The van der Waals surface area contributed by atoms with Gasteiger partial charge in [0, 0.05) is 5.56 Å². The number of allylic oxidation sites excluding steroid dienone is 1. The maximum Gasteiger partial charge on any atom is 0.139 e. The van der Waals surface area contributed by atoms with E-state index in [1.807, 2.05) is 30.3 Å². The summed E-state index contributed by atoms with van der Waals surface area (Å²) in [6, 6.07) is 13.3. The van der Waals surface area contributed by atoms with Gasteiger partial charge in [-0.25, -0.2) is 4.39 Å². The standard InChI is InChI=1S/C22H23F/c1-3-5-6-8-18-9-11-19(12-10-18)13-15-21-16-14-20(7-4-2)17-22(21)23/h6,8-12,14,16-17H,3-5,7H2,1-2H3. The van der Waals surface area contributed by atoms with Crippen LogP contribution >= 0.6 is 0 Å². The van der Waals surface area contributed by atoms with E-state index in [2.05, 4.69) is 37.8 Å². The number of halogens is 1. The van der Waals surface area contributed by atoms with Crippen LogP contribution in [0.3, 0.4) is 0 Å². The Kier molecular flexibility index (Phi) is 6.63. The van der Waals surface area contributed by atoms with Gasteiger partial charge in [0.05, 0.1) is 5.56 Å². The SMILES string of the molecule is CCCC=Cc1ccc(C#Cc2ccc(CCC)cc2F)cc1. The van der Waals surface area contributed by atoms with E-state index < -0.39 is 0 Å². The summed E-state index contributed by atoms with van der Waals surface area (Å²) in [5.41, 5.74) is 3.55. The van der Waals surface area contributed by atoms with Gasteiger partial charge in [0.1, 0.15) is 5.82 Å². The number of aryl methyl sites for hydroxylation is 1. The van der Waals surface area contributed by atoms with Crippen LogP contribution in [0.25, 0.3) is 6.08 Å². The Hall–Kier alpha value is -2.33. The molecule has 0 saturated heterocycles. The van der Waals surface area contributed by atoms with Gasteiger partial charge in [0.2, 0.25) is 0 Å². The molecule has 0 heterocycles. The lowest BCUT2D eigenvalue weighted by atomic mass is 10.1. The van der Waals surface area contributed by atoms with E-state index in [-0.39, 0.29) is 5.82 Å². The van der Waals surface area contributed by atoms with Crippen LogP contribution in [0.1, 0.15) is 55.4 Å². The van der Waals surface area contributed by atoms with Crippen LogP contribution in [0.4, 0.5) is 4.39 Å². The third-order valence-corrected chi connectivity index (χ3v) is 3.59. The lowest BCUT2D eigenvalue weighted by Gasteiger charge is -2.00. The van der Waals surface area contributed by atoms with Crippen molar-refractivity contribution in [2.45, 2.75) is 39.5 Å². The first kappa shape index (κ1) is 17.0. The van der Waals surface area contributed by atoms with Crippen molar-refractivity contribution < 1.29 is 4.39 Å². The molecule has 0 atom stereocenters. The molecule has 0 fully saturated rings. The first-order valence-electron chi connectivity index (χ1n) is 8.30. The molecule has 118 valence electrons. The number of benzene rings is 2. The van der Waals surface area contributed by atoms with Crippen LogP contribution in [0.15, 0.2) is 48.5 Å². The Labute approximate surface area is 139 Å². The molecule has 0 spiro atoms. The van der Waals surface area contributed by atoms with Crippen LogP contribution in [0.5, 0.6) is 0 Å². The molecule has 0 amide bonds. The Morgan fingerprint density at radius 1 is 0.957 bits per heavy atom. The second kappa shape index (κ2) is 8.96. The van der Waals surface area contributed by atoms with Gasteiger partial charge >= 0.3 is 0 Å². The Morgan fingerprint density at radius 3 is 2.39 bits per heavy atom. The minimum atomic E-state index is -0.234. The molecule has 1 heteroatoms. The highest BCUT2D eigenvalue weighted by Crippen LogP contribution is 2.12. The zero-order chi connectivity index (χ0) is 16.5. The molecule has 0 bridgehead atoms. The zero-order valence-electron chi connectivity index (χ0n) is 13.9. The predicted molar refractivity (Wildman–Crippen MR) is 96.8 cm³/mol. The van der Waals surface area contributed by atoms with Crippen LogP contribution in [0.2, 0.25) is 0 Å². The maximum absolute atomic E-state index is 14.0. The van der Waals surface area contributed by atoms with E-state index in [0.29, 0.717) is 5.56 Å². The molecule has 0 aromatic heterocycles. The molecule has 0 aliphatic heterocycles. The van der Waals surface area contributed by atoms with Gasteiger partial charge in [-0.05, 0) is 48.2 Å². The number of hydrogen-bond acceptors (Lipinski definition) is 0. The fraction of sp³-hybridized carbons (Fsp3) is 0.273. The fourth-order valence-corrected chi connectivity index (χ4v) is 2.31. The van der Waals surface area contributed by atoms with Gasteiger partial charge in [-0.2, -0.15) is 0 Å². The molecule has 0 aliphatic rings. The van der Waals surface area contributed by atoms with E-state index in [1.165, 1.54) is 5.56 Å². The molecule has 0 unspecified atom stereocenters. The third-order valence-electron chi connectivity index (χ3n) is 3.59. The largest absolute Gasteiger partial charge is 0.206 e. The lowest BCUT2D eigenvalue weighted by molar-refractivity contribution is 0.621. The first-order chi connectivity index (χ1) is 11.2. The van der Waals surface area contributed by atoms with Crippen molar-refractivity contribution in [3.05, 3.63) is 76.6 Å². The third kappa shape index (κ3) is 5.42. The molecule has 0 saturated carbocycles. The fourth-order valence-electron chi connectivity index (χ4n) is 2.31. The summed E-state index contributed by atoms with van der Waals surface area (Å²) >= 11 is 0. The summed E-state index contributed by atoms with van der Waals surface area (Å²) in [6.45, 7) is 4.25. The number of rotatable bonds is 5. The van der Waals surface area contributed by atoms with Gasteiger partial charge in [0.25, 0.3) is 0 Å². The normalized spacial score (nSPS) is 10.6. The summed E-state index contributed by atoms with van der Waals surface area (Å²) in [4.78, 5) is 0. The highest BCUT2D eigenvalue weighted by Gasteiger charge is 2.00. The topological polar surface area (TPSA) is 0 Å². The molecule has 2 aromatic rings. The summed E-state index contributed by atoms with van der Waals surface area (Å²) in [7, 11) is 0. The number of hydrogen-bond donors (Lipinski definition) is 0. The second-order valence-corrected chi connectivity index (χ2v) is 5.63. The van der Waals surface area contributed by atoms with Crippen molar-refractivity contribution in [3.63, 3.8) is 0 Å². The molecule has 0 radical (unpaired) electrons. The second-order valence-electron chi connectivity index (χ2n) is 5.63. The van der Waals surface area contributed by atoms with E-state index >= 15 is 0 Å². The van der Waals surface area contributed by atoms with Crippen LogP contribution < -0.4 is 0 Å². The van der Waals surface area contributed by atoms with Gasteiger partial charge in [-0.1, -0.05) is 68.9 Å². The molecule has 0 aliphatic carbocycles. The maximum atomic E-state index is 14.0. The van der Waals surface area contributed by atoms with E-state index in [1.54, 1.807) is 12.1 Å². The lowest BCUT2D eigenvalue weighted by Crippen LogP contribution is -1.89. The van der Waals surface area contributed by atoms with E-state index in [4.69, 9.17) is 0 Å². The first-order valence-corrected chi connectivity index (χ1v) is 8.30. The Morgan fingerprint density at radius 2 is 1.74 bits per heavy atom. The Balaban J connectivity index is 2.09. The van der Waals surface area contributed by atoms with Gasteiger partial charge in [0.15, 0.2) is 0 Å². The predicted octanol–water partition coefficient (Wildman–Crippen LogP) is 5.99. The van der Waals surface area contributed by atoms with Gasteiger partial charge in [-0.3, -0.25) is 0 Å². The summed E-state index contributed by atoms with van der Waals surface area (Å²) in [5, 5.41) is 0. The summed E-state index contributed by atoms with van der Waals surface area (Å²) < 4.78 is 14.0. The Bertz CT molecular complexity index is 712. The van der Waals surface area contributed by atoms with Gasteiger partial charge < -0.3 is 0 Å². The van der Waals surface area contributed by atoms with Crippen LogP contribution in [0, 0.1) is 17.7 Å². The highest BCUT2D eigenvalue weighted by atomic mass is 19.1. The summed E-state index contributed by atoms with van der Waals surface area (Å²) in [5.74, 6) is 5.73. The van der Waals surface area contributed by atoms with Crippen molar-refractivity contribution in [2.75, 3.05) is 0 Å². The van der Waals surface area contributed by atoms with Crippen molar-refractivity contribution >= 4 is 6.08 Å². The van der Waals surface area contributed by atoms with Crippen molar-refractivity contribution in [1.29, 1.82) is 0 Å². The molecular weight excluding hydrogens is 283 g/mol. The smallest absolute Gasteiger partial charge is 0.139 e. The molecule has 2 rings (SSSR count). The minimum absolute atomic E-state index is 0.234. The van der Waals surface area contributed by atoms with Crippen molar-refractivity contribution in [2.24, 2.45) is 0 Å². The number of unbranched alkanes of at least 4 members (excludes halogenated alkanes) is 1. The summed E-state index contributed by atoms with van der Waals surface area (Å²) in [6.07, 6.45) is 8.46. The van der Waals surface area contributed by atoms with Crippen LogP contribution in [-0.4, -0.2) is 0 Å². The molecule has 23 heavy (non-hydrogen) atoms. The molecular formula is C22H23F. The molecule has 0 nitrogen and oxygen atoms in total. The average Bonchev–Trinajstić information content (AvgIpc) is 2.56. The quantitative estimate of drug-likeness (QED) is 0.595. The van der Waals surface area contributed by atoms with Crippen LogP contribution in [-0.2, 0) is 6.42 Å². The van der Waals surface area contributed by atoms with Crippen molar-refractivity contribution in [3.8, 4) is 11.8 Å². The minimum Gasteiger partial charge on any atom is -0.206 e. The molecule has 0 N–H and O–H groups in total. The van der Waals surface area contributed by atoms with E-state index in [0.717, 1.165) is 36.8 Å².